The van der Waals surface area contributed by atoms with Crippen LogP contribution in [0.25, 0.3) is 0 Å². The van der Waals surface area contributed by atoms with Gasteiger partial charge in [-0.3, -0.25) is 10.1 Å². The maximum Gasteiger partial charge on any atom is 0.324 e. The summed E-state index contributed by atoms with van der Waals surface area (Å²) in [5.74, 6) is 1.23. The molecule has 1 N–H and O–H groups in total. The maximum atomic E-state index is 10.5. The van der Waals surface area contributed by atoms with Crippen LogP contribution in [0.1, 0.15) is 24.8 Å². The highest BCUT2D eigenvalue weighted by Crippen LogP contribution is 2.48. The standard InChI is InChI=1S/C10H14N2O2S/c1-2-11-5-7-3-9(7)8-4-10(12(13)14)15-6-8/h4,6-7,9,11H,2-3,5H2,1H3. The van der Waals surface area contributed by atoms with Crippen molar-refractivity contribution in [3.05, 3.63) is 27.1 Å². The van der Waals surface area contributed by atoms with Gasteiger partial charge in [0.2, 0.25) is 0 Å². The van der Waals surface area contributed by atoms with Gasteiger partial charge in [0.15, 0.2) is 0 Å². The third-order valence-electron chi connectivity index (χ3n) is 2.79. The summed E-state index contributed by atoms with van der Waals surface area (Å²) >= 11 is 1.23. The van der Waals surface area contributed by atoms with Crippen LogP contribution in [0.2, 0.25) is 0 Å². The minimum atomic E-state index is -0.310. The molecule has 1 heterocycles. The molecule has 0 bridgehead atoms. The van der Waals surface area contributed by atoms with E-state index < -0.39 is 0 Å². The fourth-order valence-electron chi connectivity index (χ4n) is 1.84. The fourth-order valence-corrected chi connectivity index (χ4v) is 2.63. The SMILES string of the molecule is CCNCC1CC1c1csc([N+](=O)[O-])c1. The van der Waals surface area contributed by atoms with Crippen LogP contribution in [0.15, 0.2) is 11.4 Å². The molecule has 1 aliphatic carbocycles. The van der Waals surface area contributed by atoms with Crippen molar-refractivity contribution in [2.24, 2.45) is 5.92 Å². The average molecular weight is 226 g/mol. The summed E-state index contributed by atoms with van der Waals surface area (Å²) in [6, 6.07) is 1.72. The van der Waals surface area contributed by atoms with Gasteiger partial charge in [0.25, 0.3) is 0 Å². The van der Waals surface area contributed by atoms with Gasteiger partial charge in [0.1, 0.15) is 0 Å². The molecule has 1 saturated carbocycles. The minimum absolute atomic E-state index is 0.263. The highest BCUT2D eigenvalue weighted by Gasteiger charge is 2.38. The number of nitrogens with zero attached hydrogens (tertiary/aromatic N) is 1. The third-order valence-corrected chi connectivity index (χ3v) is 3.69. The molecule has 0 aromatic carbocycles. The minimum Gasteiger partial charge on any atom is -0.317 e. The van der Waals surface area contributed by atoms with Gasteiger partial charge in [0, 0.05) is 11.4 Å². The second-order valence-electron chi connectivity index (χ2n) is 3.89. The van der Waals surface area contributed by atoms with Crippen molar-refractivity contribution >= 4 is 16.3 Å². The van der Waals surface area contributed by atoms with E-state index in [9.17, 15) is 10.1 Å². The lowest BCUT2D eigenvalue weighted by molar-refractivity contribution is -0.380. The van der Waals surface area contributed by atoms with Gasteiger partial charge in [-0.1, -0.05) is 18.3 Å². The van der Waals surface area contributed by atoms with Crippen LogP contribution in [0, 0.1) is 16.0 Å². The third kappa shape index (κ3) is 2.35. The molecule has 0 amide bonds. The summed E-state index contributed by atoms with van der Waals surface area (Å²) in [6.45, 7) is 4.12. The van der Waals surface area contributed by atoms with E-state index in [1.165, 1.54) is 17.8 Å². The Morgan fingerprint density at radius 3 is 3.13 bits per heavy atom. The number of hydrogen-bond acceptors (Lipinski definition) is 4. The highest BCUT2D eigenvalue weighted by molar-refractivity contribution is 7.13. The van der Waals surface area contributed by atoms with E-state index in [1.54, 1.807) is 6.07 Å². The maximum absolute atomic E-state index is 10.5. The first-order chi connectivity index (χ1) is 7.22. The van der Waals surface area contributed by atoms with E-state index >= 15 is 0 Å². The molecule has 2 unspecified atom stereocenters. The Labute approximate surface area is 92.5 Å². The molecule has 2 rings (SSSR count). The Kier molecular flexibility index (Phi) is 3.02. The summed E-state index contributed by atoms with van der Waals surface area (Å²) in [5.41, 5.74) is 1.15. The van der Waals surface area contributed by atoms with Gasteiger partial charge in [0.05, 0.1) is 4.92 Å². The molecule has 1 aromatic heterocycles. The van der Waals surface area contributed by atoms with Crippen LogP contribution in [0.4, 0.5) is 5.00 Å². The van der Waals surface area contributed by atoms with Crippen LogP contribution in [-0.2, 0) is 0 Å². The Balaban J connectivity index is 1.92. The molecule has 0 aliphatic heterocycles. The van der Waals surface area contributed by atoms with Gasteiger partial charge in [-0.15, -0.1) is 0 Å². The molecule has 4 nitrogen and oxygen atoms in total. The summed E-state index contributed by atoms with van der Waals surface area (Å²) in [4.78, 5) is 10.2. The lowest BCUT2D eigenvalue weighted by Crippen LogP contribution is -2.16. The van der Waals surface area contributed by atoms with Crippen LogP contribution in [0.5, 0.6) is 0 Å². The first kappa shape index (κ1) is 10.6. The van der Waals surface area contributed by atoms with E-state index in [0.29, 0.717) is 11.8 Å². The lowest BCUT2D eigenvalue weighted by atomic mass is 10.2. The smallest absolute Gasteiger partial charge is 0.317 e. The van der Waals surface area contributed by atoms with E-state index in [0.717, 1.165) is 18.7 Å². The monoisotopic (exact) mass is 226 g/mol. The first-order valence-electron chi connectivity index (χ1n) is 5.16. The van der Waals surface area contributed by atoms with Gasteiger partial charge in [-0.2, -0.15) is 0 Å². The molecular weight excluding hydrogens is 212 g/mol. The van der Waals surface area contributed by atoms with Crippen molar-refractivity contribution < 1.29 is 4.92 Å². The normalized spacial score (nSPS) is 24.1. The summed E-state index contributed by atoms with van der Waals surface area (Å²) in [7, 11) is 0. The van der Waals surface area contributed by atoms with Crippen molar-refractivity contribution in [2.45, 2.75) is 19.3 Å². The van der Waals surface area contributed by atoms with Crippen LogP contribution < -0.4 is 5.32 Å². The van der Waals surface area contributed by atoms with Gasteiger partial charge < -0.3 is 5.32 Å². The molecule has 2 atom stereocenters. The second-order valence-corrected chi connectivity index (χ2v) is 4.78. The first-order valence-corrected chi connectivity index (χ1v) is 6.04. The Hall–Kier alpha value is -0.940. The van der Waals surface area contributed by atoms with Crippen LogP contribution in [0.3, 0.4) is 0 Å². The molecule has 1 aliphatic rings. The molecule has 5 heteroatoms. The predicted molar refractivity (Wildman–Crippen MR) is 60.4 cm³/mol. The quantitative estimate of drug-likeness (QED) is 0.619. The molecule has 1 aromatic rings. The van der Waals surface area contributed by atoms with Crippen molar-refractivity contribution in [1.29, 1.82) is 0 Å². The van der Waals surface area contributed by atoms with Crippen molar-refractivity contribution in [2.75, 3.05) is 13.1 Å². The lowest BCUT2D eigenvalue weighted by Gasteiger charge is -1.98. The summed E-state index contributed by atoms with van der Waals surface area (Å²) < 4.78 is 0. The van der Waals surface area contributed by atoms with Gasteiger partial charge >= 0.3 is 5.00 Å². The second kappa shape index (κ2) is 4.28. The number of rotatable bonds is 5. The number of thiophene rings is 1. The summed E-state index contributed by atoms with van der Waals surface area (Å²) in [5, 5.41) is 16.0. The molecule has 0 saturated heterocycles. The zero-order valence-corrected chi connectivity index (χ0v) is 9.42. The average Bonchev–Trinajstić information content (AvgIpc) is 2.80. The molecule has 82 valence electrons. The van der Waals surface area contributed by atoms with Crippen LogP contribution in [-0.4, -0.2) is 18.0 Å². The highest BCUT2D eigenvalue weighted by atomic mass is 32.1. The molecule has 0 radical (unpaired) electrons. The zero-order valence-electron chi connectivity index (χ0n) is 8.60. The van der Waals surface area contributed by atoms with E-state index in [1.807, 2.05) is 5.38 Å². The van der Waals surface area contributed by atoms with Crippen molar-refractivity contribution in [3.8, 4) is 0 Å². The van der Waals surface area contributed by atoms with E-state index in [-0.39, 0.29) is 9.92 Å². The summed E-state index contributed by atoms with van der Waals surface area (Å²) in [6.07, 6.45) is 1.17. The predicted octanol–water partition coefficient (Wildman–Crippen LogP) is 2.37. The van der Waals surface area contributed by atoms with Crippen molar-refractivity contribution in [3.63, 3.8) is 0 Å². The fraction of sp³-hybridized carbons (Fsp3) is 0.600. The molecule has 0 spiro atoms. The largest absolute Gasteiger partial charge is 0.324 e. The Morgan fingerprint density at radius 2 is 2.53 bits per heavy atom. The molecular formula is C10H14N2O2S. The Morgan fingerprint density at radius 1 is 1.73 bits per heavy atom. The topological polar surface area (TPSA) is 55.2 Å². The number of hydrogen-bond donors (Lipinski definition) is 1. The van der Waals surface area contributed by atoms with Gasteiger partial charge in [-0.05, 0) is 36.9 Å². The number of nitro groups is 1. The molecule has 1 fully saturated rings. The zero-order chi connectivity index (χ0) is 10.8. The van der Waals surface area contributed by atoms with Crippen LogP contribution >= 0.6 is 11.3 Å². The molecule has 15 heavy (non-hydrogen) atoms. The van der Waals surface area contributed by atoms with Gasteiger partial charge in [-0.25, -0.2) is 0 Å². The van der Waals surface area contributed by atoms with Crippen molar-refractivity contribution in [1.82, 2.24) is 5.32 Å². The van der Waals surface area contributed by atoms with E-state index in [4.69, 9.17) is 0 Å². The van der Waals surface area contributed by atoms with E-state index in [2.05, 4.69) is 12.2 Å². The Bertz CT molecular complexity index is 364. The number of nitrogens with one attached hydrogen (secondary N) is 1.